The number of hydrogen-bond donors (Lipinski definition) is 1. The molecule has 0 spiro atoms. The van der Waals surface area contributed by atoms with Crippen molar-refractivity contribution in [2.45, 2.75) is 38.2 Å². The Labute approximate surface area is 130 Å². The van der Waals surface area contributed by atoms with Gasteiger partial charge in [-0.2, -0.15) is 0 Å². The van der Waals surface area contributed by atoms with Crippen molar-refractivity contribution in [3.63, 3.8) is 0 Å². The Morgan fingerprint density at radius 2 is 2.00 bits per heavy atom. The van der Waals surface area contributed by atoms with Gasteiger partial charge in [-0.05, 0) is 59.3 Å². The molecule has 106 valence electrons. The second-order valence-electron chi connectivity index (χ2n) is 5.20. The molecule has 0 saturated carbocycles. The lowest BCUT2D eigenvalue weighted by atomic mass is 10.1. The zero-order chi connectivity index (χ0) is 14.1. The monoisotopic (exact) mass is 354 g/mol. The van der Waals surface area contributed by atoms with E-state index in [0.717, 1.165) is 17.7 Å². The molecule has 0 bridgehead atoms. The van der Waals surface area contributed by atoms with Crippen molar-refractivity contribution < 1.29 is 9.50 Å². The summed E-state index contributed by atoms with van der Waals surface area (Å²) in [5.74, 6) is -0.372. The van der Waals surface area contributed by atoms with Gasteiger partial charge in [-0.1, -0.05) is 18.6 Å². The molecular weight excluding hydrogens is 339 g/mol. The van der Waals surface area contributed by atoms with Crippen molar-refractivity contribution in [1.82, 2.24) is 0 Å². The first-order valence-electron chi connectivity index (χ1n) is 6.90. The van der Waals surface area contributed by atoms with E-state index in [9.17, 15) is 9.50 Å². The van der Waals surface area contributed by atoms with Gasteiger partial charge in [0.15, 0.2) is 0 Å². The van der Waals surface area contributed by atoms with Crippen molar-refractivity contribution in [3.8, 4) is 0 Å². The van der Waals surface area contributed by atoms with E-state index >= 15 is 0 Å². The third-order valence-electron chi connectivity index (χ3n) is 3.81. The summed E-state index contributed by atoms with van der Waals surface area (Å²) in [5, 5.41) is 10.5. The summed E-state index contributed by atoms with van der Waals surface area (Å²) in [7, 11) is 0. The van der Waals surface area contributed by atoms with Crippen LogP contribution >= 0.6 is 27.3 Å². The van der Waals surface area contributed by atoms with Gasteiger partial charge in [-0.3, -0.25) is 0 Å². The van der Waals surface area contributed by atoms with Crippen LogP contribution in [0, 0.1) is 5.82 Å². The number of aliphatic hydroxyl groups is 1. The number of aryl methyl sites for hydroxylation is 2. The molecular formula is C16H16BrFOS. The van der Waals surface area contributed by atoms with Gasteiger partial charge in [-0.15, -0.1) is 11.3 Å². The Balaban J connectivity index is 1.94. The summed E-state index contributed by atoms with van der Waals surface area (Å²) >= 11 is 4.81. The van der Waals surface area contributed by atoms with Gasteiger partial charge in [0.25, 0.3) is 0 Å². The molecule has 0 amide bonds. The molecule has 1 atom stereocenters. The minimum absolute atomic E-state index is 0.343. The lowest BCUT2D eigenvalue weighted by molar-refractivity contribution is 0.218. The third kappa shape index (κ3) is 2.69. The normalized spacial score (nSPS) is 16.6. The van der Waals surface area contributed by atoms with Crippen molar-refractivity contribution in [1.29, 1.82) is 0 Å². The zero-order valence-corrected chi connectivity index (χ0v) is 13.4. The summed E-state index contributed by atoms with van der Waals surface area (Å²) in [6.45, 7) is 0. The minimum Gasteiger partial charge on any atom is -0.383 e. The fraction of sp³-hybridized carbons (Fsp3) is 0.375. The molecule has 1 aromatic carbocycles. The van der Waals surface area contributed by atoms with Gasteiger partial charge in [-0.25, -0.2) is 4.39 Å². The predicted octanol–water partition coefficient (Wildman–Crippen LogP) is 5.00. The first-order valence-corrected chi connectivity index (χ1v) is 8.51. The van der Waals surface area contributed by atoms with Crippen LogP contribution in [0.4, 0.5) is 4.39 Å². The molecule has 3 rings (SSSR count). The quantitative estimate of drug-likeness (QED) is 0.752. The third-order valence-corrected chi connectivity index (χ3v) is 5.71. The molecule has 4 heteroatoms. The molecule has 0 radical (unpaired) electrons. The van der Waals surface area contributed by atoms with Crippen LogP contribution in [-0.4, -0.2) is 5.11 Å². The average molecular weight is 355 g/mol. The van der Waals surface area contributed by atoms with E-state index in [4.69, 9.17) is 0 Å². The number of thiophene rings is 1. The Morgan fingerprint density at radius 3 is 2.85 bits per heavy atom. The smallest absolute Gasteiger partial charge is 0.143 e. The first kappa shape index (κ1) is 14.2. The molecule has 20 heavy (non-hydrogen) atoms. The van der Waals surface area contributed by atoms with Crippen molar-refractivity contribution >= 4 is 27.3 Å². The minimum atomic E-state index is -0.871. The maximum atomic E-state index is 14.1. The van der Waals surface area contributed by atoms with Crippen LogP contribution in [0.25, 0.3) is 0 Å². The van der Waals surface area contributed by atoms with Gasteiger partial charge >= 0.3 is 0 Å². The Hall–Kier alpha value is -0.710. The van der Waals surface area contributed by atoms with E-state index in [1.165, 1.54) is 29.7 Å². The topological polar surface area (TPSA) is 20.2 Å². The molecule has 1 aliphatic carbocycles. The van der Waals surface area contributed by atoms with Crippen LogP contribution in [0.15, 0.2) is 28.7 Å². The van der Waals surface area contributed by atoms with Gasteiger partial charge in [0.05, 0.1) is 4.47 Å². The highest BCUT2D eigenvalue weighted by molar-refractivity contribution is 9.10. The number of fused-ring (bicyclic) bond motifs is 1. The molecule has 0 fully saturated rings. The van der Waals surface area contributed by atoms with E-state index in [2.05, 4.69) is 22.0 Å². The first-order chi connectivity index (χ1) is 9.66. The van der Waals surface area contributed by atoms with Crippen molar-refractivity contribution in [2.24, 2.45) is 0 Å². The number of halogens is 2. The molecule has 0 saturated heterocycles. The summed E-state index contributed by atoms with van der Waals surface area (Å²) < 4.78 is 14.5. The van der Waals surface area contributed by atoms with E-state index in [1.807, 2.05) is 0 Å². The second-order valence-corrected chi connectivity index (χ2v) is 7.23. The fourth-order valence-electron chi connectivity index (χ4n) is 2.71. The van der Waals surface area contributed by atoms with Gasteiger partial charge in [0.2, 0.25) is 0 Å². The summed E-state index contributed by atoms with van der Waals surface area (Å²) in [6, 6.07) is 7.12. The Kier molecular flexibility index (Phi) is 4.24. The lowest BCUT2D eigenvalue weighted by Gasteiger charge is -2.11. The highest BCUT2D eigenvalue weighted by Crippen LogP contribution is 2.36. The molecule has 2 aromatic rings. The molecule has 0 aliphatic heterocycles. The predicted molar refractivity (Wildman–Crippen MR) is 83.7 cm³/mol. The van der Waals surface area contributed by atoms with Gasteiger partial charge in [0.1, 0.15) is 11.9 Å². The van der Waals surface area contributed by atoms with E-state index in [1.54, 1.807) is 29.5 Å². The molecule has 1 heterocycles. The standard InChI is InChI=1S/C16H16BrFOS/c17-12-7-4-6-11(15(12)18)16(19)14-9-10-5-2-1-3-8-13(10)20-14/h4,6-7,9,16,19H,1-3,5,8H2. The zero-order valence-electron chi connectivity index (χ0n) is 11.0. The van der Waals surface area contributed by atoms with Crippen LogP contribution in [-0.2, 0) is 12.8 Å². The molecule has 1 N–H and O–H groups in total. The van der Waals surface area contributed by atoms with Crippen LogP contribution < -0.4 is 0 Å². The summed E-state index contributed by atoms with van der Waals surface area (Å²) in [4.78, 5) is 2.22. The highest BCUT2D eigenvalue weighted by Gasteiger charge is 2.21. The van der Waals surface area contributed by atoms with Crippen molar-refractivity contribution in [3.05, 3.63) is 55.4 Å². The molecule has 1 aliphatic rings. The Bertz CT molecular complexity index is 599. The molecule has 1 aromatic heterocycles. The van der Waals surface area contributed by atoms with Crippen LogP contribution in [0.3, 0.4) is 0 Å². The van der Waals surface area contributed by atoms with E-state index in [-0.39, 0.29) is 5.82 Å². The van der Waals surface area contributed by atoms with Crippen LogP contribution in [0.5, 0.6) is 0 Å². The van der Waals surface area contributed by atoms with Crippen LogP contribution in [0.2, 0.25) is 0 Å². The van der Waals surface area contributed by atoms with Gasteiger partial charge < -0.3 is 5.11 Å². The largest absolute Gasteiger partial charge is 0.383 e. The maximum Gasteiger partial charge on any atom is 0.143 e. The lowest BCUT2D eigenvalue weighted by Crippen LogP contribution is -2.01. The number of aliphatic hydroxyl groups excluding tert-OH is 1. The van der Waals surface area contributed by atoms with E-state index in [0.29, 0.717) is 10.0 Å². The molecule has 1 unspecified atom stereocenters. The van der Waals surface area contributed by atoms with Crippen molar-refractivity contribution in [2.75, 3.05) is 0 Å². The molecule has 1 nitrogen and oxygen atoms in total. The summed E-state index contributed by atoms with van der Waals surface area (Å²) in [6.07, 6.45) is 5.01. The summed E-state index contributed by atoms with van der Waals surface area (Å²) in [5.41, 5.74) is 1.69. The Morgan fingerprint density at radius 1 is 1.20 bits per heavy atom. The van der Waals surface area contributed by atoms with E-state index < -0.39 is 6.10 Å². The SMILES string of the molecule is OC(c1cc2c(s1)CCCCC2)c1cccc(Br)c1F. The fourth-order valence-corrected chi connectivity index (χ4v) is 4.35. The number of rotatable bonds is 2. The number of hydrogen-bond acceptors (Lipinski definition) is 2. The highest BCUT2D eigenvalue weighted by atomic mass is 79.9. The van der Waals surface area contributed by atoms with Gasteiger partial charge in [0, 0.05) is 15.3 Å². The number of benzene rings is 1. The average Bonchev–Trinajstić information content (AvgIpc) is 2.72. The maximum absolute atomic E-state index is 14.1. The second kappa shape index (κ2) is 5.96. The van der Waals surface area contributed by atoms with Crippen LogP contribution in [0.1, 0.15) is 46.2 Å².